The summed E-state index contributed by atoms with van der Waals surface area (Å²) in [6.45, 7) is 6.74. The lowest BCUT2D eigenvalue weighted by molar-refractivity contribution is 0.385. The normalized spacial score (nSPS) is 12.8. The Morgan fingerprint density at radius 1 is 1.36 bits per heavy atom. The van der Waals surface area contributed by atoms with Gasteiger partial charge < -0.3 is 5.73 Å². The van der Waals surface area contributed by atoms with Gasteiger partial charge in [-0.25, -0.2) is 8.42 Å². The Balaban J connectivity index is 4.93. The average Bonchev–Trinajstić information content (AvgIpc) is 1.98. The van der Waals surface area contributed by atoms with Crippen LogP contribution in [0.4, 0.5) is 0 Å². The molecule has 0 spiro atoms. The van der Waals surface area contributed by atoms with Gasteiger partial charge in [0.25, 0.3) is 0 Å². The van der Waals surface area contributed by atoms with Crippen molar-refractivity contribution in [2.75, 3.05) is 6.54 Å². The highest BCUT2D eigenvalue weighted by molar-refractivity contribution is 7.89. The van der Waals surface area contributed by atoms with E-state index < -0.39 is 15.3 Å². The van der Waals surface area contributed by atoms with E-state index >= 15 is 0 Å². The fraction of sp³-hybridized carbons (Fsp3) is 0.875. The van der Waals surface area contributed by atoms with Gasteiger partial charge in [-0.1, -0.05) is 0 Å². The van der Waals surface area contributed by atoms with E-state index in [0.717, 1.165) is 0 Å². The quantitative estimate of drug-likeness (QED) is 0.519. The first-order chi connectivity index (χ1) is 6.19. The number of amidine groups is 1. The van der Waals surface area contributed by atoms with Crippen molar-refractivity contribution in [1.82, 2.24) is 4.31 Å². The molecule has 0 rings (SSSR count). The molecule has 0 saturated carbocycles. The highest BCUT2D eigenvalue weighted by Gasteiger charge is 2.28. The number of nitrogens with two attached hydrogens (primary N) is 1. The molecule has 0 aromatic carbocycles. The van der Waals surface area contributed by atoms with E-state index in [4.69, 9.17) is 11.1 Å². The van der Waals surface area contributed by atoms with Crippen molar-refractivity contribution in [2.45, 2.75) is 39.0 Å². The lowest BCUT2D eigenvalue weighted by Gasteiger charge is -2.27. The molecule has 0 saturated heterocycles. The van der Waals surface area contributed by atoms with Crippen LogP contribution in [0, 0.1) is 5.41 Å². The van der Waals surface area contributed by atoms with Crippen LogP contribution in [-0.4, -0.2) is 36.4 Å². The maximum absolute atomic E-state index is 11.8. The minimum absolute atomic E-state index is 0.0296. The van der Waals surface area contributed by atoms with Crippen LogP contribution < -0.4 is 5.73 Å². The summed E-state index contributed by atoms with van der Waals surface area (Å²) in [4.78, 5) is 0. The predicted molar refractivity (Wildman–Crippen MR) is 57.8 cm³/mol. The second-order valence-corrected chi connectivity index (χ2v) is 6.20. The van der Waals surface area contributed by atoms with Crippen LogP contribution in [0.25, 0.3) is 0 Å². The molecule has 0 amide bonds. The summed E-state index contributed by atoms with van der Waals surface area (Å²) in [5, 5.41) is 6.63. The molecular weight excluding hydrogens is 202 g/mol. The molecule has 0 unspecified atom stereocenters. The average molecular weight is 221 g/mol. The smallest absolute Gasteiger partial charge is 0.217 e. The van der Waals surface area contributed by atoms with E-state index in [9.17, 15) is 8.42 Å². The lowest BCUT2D eigenvalue weighted by atomic mass is 10.4. The van der Waals surface area contributed by atoms with Crippen molar-refractivity contribution in [3.05, 3.63) is 0 Å². The summed E-state index contributed by atoms with van der Waals surface area (Å²) < 4.78 is 24.8. The molecule has 3 N–H and O–H groups in total. The molecule has 6 heteroatoms. The lowest BCUT2D eigenvalue weighted by Crippen LogP contribution is -2.45. The fourth-order valence-electron chi connectivity index (χ4n) is 1.01. The van der Waals surface area contributed by atoms with Crippen molar-refractivity contribution in [2.24, 2.45) is 5.73 Å². The molecule has 0 aliphatic carbocycles. The Morgan fingerprint density at radius 3 is 2.00 bits per heavy atom. The van der Waals surface area contributed by atoms with E-state index in [2.05, 4.69) is 0 Å². The van der Waals surface area contributed by atoms with E-state index in [-0.39, 0.29) is 18.4 Å². The molecule has 0 aromatic heterocycles. The predicted octanol–water partition coefficient (Wildman–Crippen LogP) is 0.371. The molecule has 0 atom stereocenters. The van der Waals surface area contributed by atoms with E-state index in [1.165, 1.54) is 4.31 Å². The summed E-state index contributed by atoms with van der Waals surface area (Å²) >= 11 is 0. The second-order valence-electron chi connectivity index (χ2n) is 3.76. The van der Waals surface area contributed by atoms with Crippen molar-refractivity contribution in [3.8, 4) is 0 Å². The van der Waals surface area contributed by atoms with Crippen molar-refractivity contribution >= 4 is 15.9 Å². The van der Waals surface area contributed by atoms with Crippen LogP contribution in [0.2, 0.25) is 0 Å². The first kappa shape index (κ1) is 13.4. The third-order valence-corrected chi connectivity index (χ3v) is 4.22. The molecule has 84 valence electrons. The third-order valence-electron chi connectivity index (χ3n) is 1.82. The Morgan fingerprint density at radius 2 is 1.79 bits per heavy atom. The minimum atomic E-state index is -3.32. The standard InChI is InChI=1S/C8H19N3O2S/c1-6(2)11(5-8(9)10)14(12,13)7(3)4/h6-7H,5H2,1-4H3,(H3,9,10). The first-order valence-corrected chi connectivity index (χ1v) is 6.03. The van der Waals surface area contributed by atoms with Gasteiger partial charge in [-0.15, -0.1) is 0 Å². The Bertz CT molecular complexity index is 296. The largest absolute Gasteiger partial charge is 0.387 e. The summed E-state index contributed by atoms with van der Waals surface area (Å²) in [6.07, 6.45) is 0. The van der Waals surface area contributed by atoms with Crippen LogP contribution in [0.5, 0.6) is 0 Å². The molecule has 0 aliphatic rings. The van der Waals surface area contributed by atoms with Crippen molar-refractivity contribution in [1.29, 1.82) is 5.41 Å². The molecular formula is C8H19N3O2S. The molecule has 14 heavy (non-hydrogen) atoms. The zero-order valence-corrected chi connectivity index (χ0v) is 9.93. The number of rotatable bonds is 5. The second kappa shape index (κ2) is 4.75. The summed E-state index contributed by atoms with van der Waals surface area (Å²) in [7, 11) is -3.32. The fourth-order valence-corrected chi connectivity index (χ4v) is 2.45. The minimum Gasteiger partial charge on any atom is -0.387 e. The van der Waals surface area contributed by atoms with Crippen LogP contribution in [0.15, 0.2) is 0 Å². The summed E-state index contributed by atoms with van der Waals surface area (Å²) in [6, 6.07) is -0.175. The monoisotopic (exact) mass is 221 g/mol. The van der Waals surface area contributed by atoms with Crippen LogP contribution in [0.1, 0.15) is 27.7 Å². The number of nitrogens with zero attached hydrogens (tertiary/aromatic N) is 1. The maximum atomic E-state index is 11.8. The Hall–Kier alpha value is -0.620. The van der Waals surface area contributed by atoms with Gasteiger partial charge in [-0.2, -0.15) is 4.31 Å². The topological polar surface area (TPSA) is 87.2 Å². The number of hydrogen-bond acceptors (Lipinski definition) is 3. The SMILES string of the molecule is CC(C)N(CC(=N)N)S(=O)(=O)C(C)C. The third kappa shape index (κ3) is 3.26. The number of sulfonamides is 1. The van der Waals surface area contributed by atoms with Gasteiger partial charge in [0.05, 0.1) is 11.8 Å². The van der Waals surface area contributed by atoms with Crippen molar-refractivity contribution in [3.63, 3.8) is 0 Å². The molecule has 0 aliphatic heterocycles. The van der Waals surface area contributed by atoms with E-state index in [0.29, 0.717) is 0 Å². The molecule has 0 radical (unpaired) electrons. The molecule has 5 nitrogen and oxygen atoms in total. The van der Waals surface area contributed by atoms with E-state index in [1.807, 2.05) is 0 Å². The van der Waals surface area contributed by atoms with Gasteiger partial charge in [0.2, 0.25) is 10.0 Å². The van der Waals surface area contributed by atoms with Gasteiger partial charge in [-0.05, 0) is 27.7 Å². The zero-order chi connectivity index (χ0) is 11.5. The molecule has 0 aromatic rings. The highest BCUT2D eigenvalue weighted by atomic mass is 32.2. The van der Waals surface area contributed by atoms with Gasteiger partial charge in [0, 0.05) is 6.04 Å². The first-order valence-electron chi connectivity index (χ1n) is 4.53. The van der Waals surface area contributed by atoms with Crippen molar-refractivity contribution < 1.29 is 8.42 Å². The van der Waals surface area contributed by atoms with Crippen LogP contribution in [-0.2, 0) is 10.0 Å². The van der Waals surface area contributed by atoms with Gasteiger partial charge in [-0.3, -0.25) is 5.41 Å². The van der Waals surface area contributed by atoms with E-state index in [1.54, 1.807) is 27.7 Å². The van der Waals surface area contributed by atoms with Gasteiger partial charge in [0.1, 0.15) is 5.84 Å². The zero-order valence-electron chi connectivity index (χ0n) is 9.11. The maximum Gasteiger partial charge on any atom is 0.217 e. The molecule has 0 heterocycles. The van der Waals surface area contributed by atoms with Crippen LogP contribution >= 0.6 is 0 Å². The molecule has 0 bridgehead atoms. The number of nitrogens with one attached hydrogen (secondary N) is 1. The van der Waals surface area contributed by atoms with Gasteiger partial charge >= 0.3 is 0 Å². The van der Waals surface area contributed by atoms with Crippen LogP contribution in [0.3, 0.4) is 0 Å². The number of hydrogen-bond donors (Lipinski definition) is 2. The van der Waals surface area contributed by atoms with Gasteiger partial charge in [0.15, 0.2) is 0 Å². The highest BCUT2D eigenvalue weighted by Crippen LogP contribution is 2.11. The Kier molecular flexibility index (Phi) is 4.54. The summed E-state index contributed by atoms with van der Waals surface area (Å²) in [5.74, 6) is -0.136. The Labute approximate surface area is 85.8 Å². The molecule has 0 fully saturated rings. The summed E-state index contributed by atoms with van der Waals surface area (Å²) in [5.41, 5.74) is 5.21.